The van der Waals surface area contributed by atoms with Gasteiger partial charge in [0.2, 0.25) is 0 Å². The van der Waals surface area contributed by atoms with Crippen LogP contribution in [-0.2, 0) is 0 Å². The van der Waals surface area contributed by atoms with Gasteiger partial charge in [-0.05, 0) is 64.5 Å². The molecule has 1 nitrogen and oxygen atoms in total. The Hall–Kier alpha value is -0.770. The molecule has 2 aromatic carbocycles. The fourth-order valence-corrected chi connectivity index (χ4v) is 3.77. The smallest absolute Gasteiger partial charge is 0.125 e. The Morgan fingerprint density at radius 2 is 1.90 bits per heavy atom. The summed E-state index contributed by atoms with van der Waals surface area (Å²) < 4.78 is 13.9. The summed E-state index contributed by atoms with van der Waals surface area (Å²) in [6, 6.07) is 11.1. The van der Waals surface area contributed by atoms with Crippen LogP contribution in [0.5, 0.6) is 0 Å². The third kappa shape index (κ3) is 3.36. The predicted molar refractivity (Wildman–Crippen MR) is 89.9 cm³/mol. The van der Waals surface area contributed by atoms with Crippen molar-refractivity contribution in [3.8, 4) is 0 Å². The summed E-state index contributed by atoms with van der Waals surface area (Å²) in [5, 5.41) is 4.55. The van der Waals surface area contributed by atoms with Gasteiger partial charge < -0.3 is 5.32 Å². The molecule has 3 rings (SSSR count). The van der Waals surface area contributed by atoms with Crippen LogP contribution in [0.1, 0.15) is 24.3 Å². The molecule has 0 spiro atoms. The van der Waals surface area contributed by atoms with Crippen molar-refractivity contribution in [2.75, 3.05) is 5.32 Å². The molecule has 0 heterocycles. The van der Waals surface area contributed by atoms with Crippen molar-refractivity contribution in [2.45, 2.75) is 24.8 Å². The van der Waals surface area contributed by atoms with E-state index in [1.807, 2.05) is 18.2 Å². The number of benzene rings is 2. The number of hydrogen-bond acceptors (Lipinski definition) is 1. The van der Waals surface area contributed by atoms with Gasteiger partial charge in [0.25, 0.3) is 0 Å². The van der Waals surface area contributed by atoms with Crippen LogP contribution in [-0.4, -0.2) is 6.04 Å². The van der Waals surface area contributed by atoms with Gasteiger partial charge in [-0.1, -0.05) is 35.3 Å². The maximum Gasteiger partial charge on any atom is 0.125 e. The average Bonchev–Trinajstić information content (AvgIpc) is 2.35. The second-order valence-corrected chi connectivity index (χ2v) is 7.01. The lowest BCUT2D eigenvalue weighted by atomic mass is 9.76. The molecule has 2 aromatic rings. The Balaban J connectivity index is 1.65. The molecular formula is C16H13BrCl2FN. The summed E-state index contributed by atoms with van der Waals surface area (Å²) >= 11 is 15.4. The molecule has 0 saturated heterocycles. The molecule has 1 saturated carbocycles. The molecule has 1 fully saturated rings. The molecule has 0 atom stereocenters. The summed E-state index contributed by atoms with van der Waals surface area (Å²) in [6.07, 6.45) is 2.03. The second kappa shape index (κ2) is 6.15. The molecule has 1 aliphatic carbocycles. The highest BCUT2D eigenvalue weighted by Crippen LogP contribution is 2.41. The van der Waals surface area contributed by atoms with E-state index in [2.05, 4.69) is 27.3 Å². The van der Waals surface area contributed by atoms with Crippen LogP contribution in [0, 0.1) is 5.82 Å². The summed E-state index contributed by atoms with van der Waals surface area (Å²) in [7, 11) is 0. The Morgan fingerprint density at radius 3 is 2.57 bits per heavy atom. The molecule has 21 heavy (non-hydrogen) atoms. The molecular weight excluding hydrogens is 376 g/mol. The van der Waals surface area contributed by atoms with Gasteiger partial charge >= 0.3 is 0 Å². The molecule has 0 radical (unpaired) electrons. The van der Waals surface area contributed by atoms with E-state index in [0.29, 0.717) is 21.5 Å². The van der Waals surface area contributed by atoms with Gasteiger partial charge in [-0.15, -0.1) is 0 Å². The molecule has 110 valence electrons. The first-order chi connectivity index (χ1) is 10.0. The molecule has 0 aliphatic heterocycles. The lowest BCUT2D eigenvalue weighted by Crippen LogP contribution is -2.34. The van der Waals surface area contributed by atoms with Crippen LogP contribution in [0.4, 0.5) is 10.1 Å². The monoisotopic (exact) mass is 387 g/mol. The molecule has 5 heteroatoms. The maximum absolute atomic E-state index is 13.2. The molecule has 1 N–H and O–H groups in total. The van der Waals surface area contributed by atoms with E-state index in [1.54, 1.807) is 0 Å². The van der Waals surface area contributed by atoms with Crippen molar-refractivity contribution in [2.24, 2.45) is 0 Å². The van der Waals surface area contributed by atoms with Crippen LogP contribution in [0.15, 0.2) is 40.9 Å². The average molecular weight is 389 g/mol. The number of anilines is 1. The lowest BCUT2D eigenvalue weighted by molar-refractivity contribution is 0.374. The third-order valence-electron chi connectivity index (χ3n) is 3.81. The first-order valence-corrected chi connectivity index (χ1v) is 8.24. The van der Waals surface area contributed by atoms with Crippen LogP contribution >= 0.6 is 39.1 Å². The van der Waals surface area contributed by atoms with Gasteiger partial charge in [0.15, 0.2) is 0 Å². The first kappa shape index (κ1) is 15.1. The van der Waals surface area contributed by atoms with Gasteiger partial charge in [0.1, 0.15) is 5.82 Å². The third-order valence-corrected chi connectivity index (χ3v) is 4.97. The Labute approximate surface area is 141 Å². The minimum atomic E-state index is -0.345. The minimum absolute atomic E-state index is 0.341. The highest BCUT2D eigenvalue weighted by Gasteiger charge is 2.31. The van der Waals surface area contributed by atoms with E-state index in [4.69, 9.17) is 23.2 Å². The van der Waals surface area contributed by atoms with Crippen molar-refractivity contribution in [1.82, 2.24) is 0 Å². The molecule has 0 unspecified atom stereocenters. The SMILES string of the molecule is Fc1cc(Cl)c(NC2CC(c3cccc(Cl)c3)C2)c(Br)c1. The quantitative estimate of drug-likeness (QED) is 0.654. The topological polar surface area (TPSA) is 12.0 Å². The predicted octanol–water partition coefficient (Wildman–Crippen LogP) is 6.25. The minimum Gasteiger partial charge on any atom is -0.380 e. The molecule has 0 aromatic heterocycles. The van der Waals surface area contributed by atoms with Crippen LogP contribution in [0.25, 0.3) is 0 Å². The lowest BCUT2D eigenvalue weighted by Gasteiger charge is -2.37. The number of nitrogens with one attached hydrogen (secondary N) is 1. The molecule has 1 aliphatic rings. The standard InChI is InChI=1S/C16H13BrCl2FN/c17-14-7-12(20)8-15(19)16(14)21-13-5-10(6-13)9-2-1-3-11(18)4-9/h1-4,7-8,10,13,21H,5-6H2. The van der Waals surface area contributed by atoms with E-state index >= 15 is 0 Å². The van der Waals surface area contributed by atoms with Crippen molar-refractivity contribution in [1.29, 1.82) is 0 Å². The van der Waals surface area contributed by atoms with Crippen LogP contribution < -0.4 is 5.32 Å². The number of halogens is 4. The second-order valence-electron chi connectivity index (χ2n) is 5.31. The van der Waals surface area contributed by atoms with Crippen molar-refractivity contribution in [3.63, 3.8) is 0 Å². The van der Waals surface area contributed by atoms with E-state index in [-0.39, 0.29) is 5.82 Å². The molecule has 0 bridgehead atoms. The summed E-state index contributed by atoms with van der Waals surface area (Å²) in [5.74, 6) is 0.169. The van der Waals surface area contributed by atoms with Crippen molar-refractivity contribution in [3.05, 3.63) is 62.3 Å². The van der Waals surface area contributed by atoms with Gasteiger partial charge in [0.05, 0.1) is 10.7 Å². The number of rotatable bonds is 3. The van der Waals surface area contributed by atoms with Crippen molar-refractivity contribution >= 4 is 44.8 Å². The largest absolute Gasteiger partial charge is 0.380 e. The Morgan fingerprint density at radius 1 is 1.14 bits per heavy atom. The normalized spacial score (nSPS) is 21.0. The summed E-state index contributed by atoms with van der Waals surface area (Å²) in [4.78, 5) is 0. The Bertz CT molecular complexity index is 648. The maximum atomic E-state index is 13.2. The fourth-order valence-electron chi connectivity index (χ4n) is 2.65. The highest BCUT2D eigenvalue weighted by molar-refractivity contribution is 9.10. The van der Waals surface area contributed by atoms with E-state index in [1.165, 1.54) is 17.7 Å². The van der Waals surface area contributed by atoms with Gasteiger partial charge in [0, 0.05) is 15.5 Å². The van der Waals surface area contributed by atoms with Gasteiger partial charge in [-0.3, -0.25) is 0 Å². The van der Waals surface area contributed by atoms with Crippen molar-refractivity contribution < 1.29 is 4.39 Å². The molecule has 0 amide bonds. The van der Waals surface area contributed by atoms with Gasteiger partial charge in [-0.2, -0.15) is 0 Å². The zero-order chi connectivity index (χ0) is 15.0. The zero-order valence-corrected chi connectivity index (χ0v) is 14.1. The van der Waals surface area contributed by atoms with Gasteiger partial charge in [-0.25, -0.2) is 4.39 Å². The van der Waals surface area contributed by atoms with Crippen LogP contribution in [0.3, 0.4) is 0 Å². The summed E-state index contributed by atoms with van der Waals surface area (Å²) in [5.41, 5.74) is 2.03. The van der Waals surface area contributed by atoms with E-state index in [9.17, 15) is 4.39 Å². The van der Waals surface area contributed by atoms with Crippen LogP contribution in [0.2, 0.25) is 10.0 Å². The number of hydrogen-bond donors (Lipinski definition) is 1. The van der Waals surface area contributed by atoms with E-state index in [0.717, 1.165) is 23.6 Å². The zero-order valence-electron chi connectivity index (χ0n) is 11.0. The highest BCUT2D eigenvalue weighted by atomic mass is 79.9. The Kier molecular flexibility index (Phi) is 4.43. The summed E-state index contributed by atoms with van der Waals surface area (Å²) in [6.45, 7) is 0. The van der Waals surface area contributed by atoms with E-state index < -0.39 is 0 Å². The first-order valence-electron chi connectivity index (χ1n) is 6.69. The fraction of sp³-hybridized carbons (Fsp3) is 0.250.